The fourth-order valence-corrected chi connectivity index (χ4v) is 2.00. The lowest BCUT2D eigenvalue weighted by Crippen LogP contribution is -2.27. The molecule has 96 valence electrons. The van der Waals surface area contributed by atoms with Gasteiger partial charge in [-0.05, 0) is 12.1 Å². The standard InChI is InChI=1S/C12H17Cl2NO2/c1-16-11-4-3-10(9-12(11)17-2)15(7-5-13)8-6-14/h3-4,9H,5-8H2,1-2H3. The number of hydrogen-bond donors (Lipinski definition) is 0. The average Bonchev–Trinajstić information content (AvgIpc) is 2.37. The van der Waals surface area contributed by atoms with Crippen LogP contribution in [0, 0.1) is 0 Å². The van der Waals surface area contributed by atoms with Gasteiger partial charge >= 0.3 is 0 Å². The van der Waals surface area contributed by atoms with Gasteiger partial charge in [-0.15, -0.1) is 23.2 Å². The van der Waals surface area contributed by atoms with E-state index in [1.165, 1.54) is 0 Å². The number of nitrogens with zero attached hydrogens (tertiary/aromatic N) is 1. The van der Waals surface area contributed by atoms with E-state index in [0.29, 0.717) is 23.3 Å². The Kier molecular flexibility index (Phi) is 6.30. The highest BCUT2D eigenvalue weighted by atomic mass is 35.5. The molecule has 0 aliphatic heterocycles. The number of methoxy groups -OCH3 is 2. The van der Waals surface area contributed by atoms with Crippen molar-refractivity contribution in [2.75, 3.05) is 44.0 Å². The van der Waals surface area contributed by atoms with Crippen LogP contribution in [-0.2, 0) is 0 Å². The Morgan fingerprint density at radius 3 is 2.06 bits per heavy atom. The summed E-state index contributed by atoms with van der Waals surface area (Å²) >= 11 is 11.5. The van der Waals surface area contributed by atoms with Gasteiger partial charge in [0.05, 0.1) is 14.2 Å². The maximum atomic E-state index is 5.77. The lowest BCUT2D eigenvalue weighted by atomic mass is 10.2. The molecule has 0 spiro atoms. The van der Waals surface area contributed by atoms with Crippen LogP contribution in [0.15, 0.2) is 18.2 Å². The zero-order chi connectivity index (χ0) is 12.7. The molecule has 0 aliphatic rings. The quantitative estimate of drug-likeness (QED) is 0.716. The Bertz CT molecular complexity index is 341. The van der Waals surface area contributed by atoms with Crippen LogP contribution in [0.2, 0.25) is 0 Å². The van der Waals surface area contributed by atoms with Gasteiger partial charge in [-0.2, -0.15) is 0 Å². The molecule has 0 unspecified atom stereocenters. The van der Waals surface area contributed by atoms with Crippen LogP contribution in [-0.4, -0.2) is 39.1 Å². The number of halogens is 2. The number of hydrogen-bond acceptors (Lipinski definition) is 3. The smallest absolute Gasteiger partial charge is 0.162 e. The number of anilines is 1. The molecule has 0 amide bonds. The molecule has 3 nitrogen and oxygen atoms in total. The normalized spacial score (nSPS) is 10.1. The zero-order valence-electron chi connectivity index (χ0n) is 10.1. The first kappa shape index (κ1) is 14.3. The first-order valence-corrected chi connectivity index (χ1v) is 6.42. The Morgan fingerprint density at radius 1 is 1.00 bits per heavy atom. The van der Waals surface area contributed by atoms with E-state index in [1.807, 2.05) is 18.2 Å². The van der Waals surface area contributed by atoms with Gasteiger partial charge in [0.15, 0.2) is 11.5 Å². The third-order valence-electron chi connectivity index (χ3n) is 2.44. The molecule has 1 rings (SSSR count). The predicted molar refractivity (Wildman–Crippen MR) is 73.2 cm³/mol. The monoisotopic (exact) mass is 277 g/mol. The van der Waals surface area contributed by atoms with Crippen molar-refractivity contribution in [3.05, 3.63) is 18.2 Å². The fraction of sp³-hybridized carbons (Fsp3) is 0.500. The molecule has 0 bridgehead atoms. The van der Waals surface area contributed by atoms with E-state index in [9.17, 15) is 0 Å². The highest BCUT2D eigenvalue weighted by molar-refractivity contribution is 6.18. The summed E-state index contributed by atoms with van der Waals surface area (Å²) in [6, 6.07) is 5.78. The van der Waals surface area contributed by atoms with Crippen LogP contribution < -0.4 is 14.4 Å². The second-order valence-electron chi connectivity index (χ2n) is 3.40. The first-order chi connectivity index (χ1) is 8.26. The summed E-state index contributed by atoms with van der Waals surface area (Å²) in [5, 5.41) is 0. The van der Waals surface area contributed by atoms with Crippen molar-refractivity contribution in [2.24, 2.45) is 0 Å². The summed E-state index contributed by atoms with van der Waals surface area (Å²) in [6.45, 7) is 1.51. The minimum absolute atomic E-state index is 0.561. The zero-order valence-corrected chi connectivity index (χ0v) is 11.6. The molecule has 0 N–H and O–H groups in total. The van der Waals surface area contributed by atoms with Gasteiger partial charge in [-0.3, -0.25) is 0 Å². The van der Waals surface area contributed by atoms with Crippen molar-refractivity contribution >= 4 is 28.9 Å². The largest absolute Gasteiger partial charge is 0.493 e. The van der Waals surface area contributed by atoms with Crippen molar-refractivity contribution in [2.45, 2.75) is 0 Å². The molecule has 1 aromatic carbocycles. The van der Waals surface area contributed by atoms with Crippen LogP contribution >= 0.6 is 23.2 Å². The van der Waals surface area contributed by atoms with Crippen molar-refractivity contribution in [1.82, 2.24) is 0 Å². The Hall–Kier alpha value is -0.800. The third kappa shape index (κ3) is 3.86. The van der Waals surface area contributed by atoms with E-state index >= 15 is 0 Å². The van der Waals surface area contributed by atoms with E-state index in [4.69, 9.17) is 32.7 Å². The molecule has 0 atom stereocenters. The number of alkyl halides is 2. The van der Waals surface area contributed by atoms with E-state index in [2.05, 4.69) is 4.90 Å². The van der Waals surface area contributed by atoms with Gasteiger partial charge in [0.25, 0.3) is 0 Å². The van der Waals surface area contributed by atoms with E-state index < -0.39 is 0 Å². The topological polar surface area (TPSA) is 21.7 Å². The van der Waals surface area contributed by atoms with Crippen LogP contribution in [0.25, 0.3) is 0 Å². The maximum absolute atomic E-state index is 5.77. The Balaban J connectivity index is 2.94. The molecule has 0 saturated carbocycles. The van der Waals surface area contributed by atoms with Gasteiger partial charge in [0, 0.05) is 36.6 Å². The van der Waals surface area contributed by atoms with Crippen LogP contribution in [0.3, 0.4) is 0 Å². The maximum Gasteiger partial charge on any atom is 0.162 e. The molecule has 5 heteroatoms. The Labute approximate surface area is 112 Å². The van der Waals surface area contributed by atoms with Crippen LogP contribution in [0.5, 0.6) is 11.5 Å². The van der Waals surface area contributed by atoms with Gasteiger partial charge in [0.2, 0.25) is 0 Å². The first-order valence-electron chi connectivity index (χ1n) is 5.35. The van der Waals surface area contributed by atoms with E-state index in [-0.39, 0.29) is 0 Å². The van der Waals surface area contributed by atoms with Gasteiger partial charge in [-0.25, -0.2) is 0 Å². The predicted octanol–water partition coefficient (Wildman–Crippen LogP) is 2.99. The molecule has 0 saturated heterocycles. The Morgan fingerprint density at radius 2 is 1.59 bits per heavy atom. The van der Waals surface area contributed by atoms with Crippen LogP contribution in [0.1, 0.15) is 0 Å². The lowest BCUT2D eigenvalue weighted by molar-refractivity contribution is 0.355. The van der Waals surface area contributed by atoms with Crippen molar-refractivity contribution in [3.63, 3.8) is 0 Å². The highest BCUT2D eigenvalue weighted by Crippen LogP contribution is 2.31. The SMILES string of the molecule is COc1ccc(N(CCCl)CCCl)cc1OC. The number of ether oxygens (including phenoxy) is 2. The second-order valence-corrected chi connectivity index (χ2v) is 4.16. The molecule has 1 aromatic rings. The lowest BCUT2D eigenvalue weighted by Gasteiger charge is -2.23. The number of benzene rings is 1. The molecule has 0 fully saturated rings. The van der Waals surface area contributed by atoms with Crippen LogP contribution in [0.4, 0.5) is 5.69 Å². The highest BCUT2D eigenvalue weighted by Gasteiger charge is 2.09. The van der Waals surface area contributed by atoms with E-state index in [0.717, 1.165) is 18.8 Å². The van der Waals surface area contributed by atoms with Gasteiger partial charge in [0.1, 0.15) is 0 Å². The van der Waals surface area contributed by atoms with Gasteiger partial charge in [-0.1, -0.05) is 0 Å². The van der Waals surface area contributed by atoms with E-state index in [1.54, 1.807) is 14.2 Å². The molecule has 0 radical (unpaired) electrons. The summed E-state index contributed by atoms with van der Waals surface area (Å²) in [5.41, 5.74) is 1.03. The third-order valence-corrected chi connectivity index (χ3v) is 2.78. The second kappa shape index (κ2) is 7.51. The summed E-state index contributed by atoms with van der Waals surface area (Å²) in [5.74, 6) is 2.54. The van der Waals surface area contributed by atoms with Crippen molar-refractivity contribution < 1.29 is 9.47 Å². The fourth-order valence-electron chi connectivity index (χ4n) is 1.60. The molecule has 17 heavy (non-hydrogen) atoms. The van der Waals surface area contributed by atoms with Gasteiger partial charge < -0.3 is 14.4 Å². The summed E-state index contributed by atoms with van der Waals surface area (Å²) in [7, 11) is 3.24. The summed E-state index contributed by atoms with van der Waals surface area (Å²) in [4.78, 5) is 2.11. The average molecular weight is 278 g/mol. The molecule has 0 aromatic heterocycles. The summed E-state index contributed by atoms with van der Waals surface area (Å²) < 4.78 is 10.5. The van der Waals surface area contributed by atoms with Crippen molar-refractivity contribution in [3.8, 4) is 11.5 Å². The molecular weight excluding hydrogens is 261 g/mol. The molecule has 0 aliphatic carbocycles. The minimum Gasteiger partial charge on any atom is -0.493 e. The molecule has 0 heterocycles. The molecular formula is C12H17Cl2NO2. The minimum atomic E-state index is 0.561. The van der Waals surface area contributed by atoms with Crippen molar-refractivity contribution in [1.29, 1.82) is 0 Å². The summed E-state index contributed by atoms with van der Waals surface area (Å²) in [6.07, 6.45) is 0. The number of rotatable bonds is 7.